The van der Waals surface area contributed by atoms with Gasteiger partial charge < -0.3 is 19.4 Å². The molecular weight excluding hydrogens is 569 g/mol. The van der Waals surface area contributed by atoms with Crippen LogP contribution < -0.4 is 9.80 Å². The number of piperidine rings is 1. The average Bonchev–Trinajstić information content (AvgIpc) is 3.47. The first-order valence-electron chi connectivity index (χ1n) is 14.7. The second-order valence-electron chi connectivity index (χ2n) is 10.8. The number of ether oxygens (including phenoxy) is 1. The third-order valence-electron chi connectivity index (χ3n) is 8.31. The topological polar surface area (TPSA) is 53.8 Å². The van der Waals surface area contributed by atoms with Crippen molar-refractivity contribution in [1.29, 1.82) is 0 Å². The molecule has 1 aromatic heterocycles. The fraction of sp³-hybridized carbons (Fsp3) is 0.484. The Morgan fingerprint density at radius 2 is 1.72 bits per heavy atom. The van der Waals surface area contributed by atoms with E-state index in [1.807, 2.05) is 24.3 Å². The predicted molar refractivity (Wildman–Crippen MR) is 155 cm³/mol. The molecule has 2 fully saturated rings. The Kier molecular flexibility index (Phi) is 9.24. The van der Waals surface area contributed by atoms with Crippen LogP contribution in [-0.2, 0) is 10.9 Å². The fourth-order valence-electron chi connectivity index (χ4n) is 6.01. The lowest BCUT2D eigenvalue weighted by Gasteiger charge is -2.37. The number of esters is 1. The van der Waals surface area contributed by atoms with Gasteiger partial charge in [-0.05, 0) is 56.1 Å². The number of benzene rings is 2. The summed E-state index contributed by atoms with van der Waals surface area (Å²) in [6, 6.07) is 10.9. The van der Waals surface area contributed by atoms with Crippen molar-refractivity contribution in [3.63, 3.8) is 0 Å². The molecule has 232 valence electrons. The van der Waals surface area contributed by atoms with Crippen LogP contribution in [0.4, 0.5) is 33.3 Å². The second kappa shape index (κ2) is 12.9. The minimum absolute atomic E-state index is 0.0265. The number of likely N-dealkylation sites (N-methyl/N-ethyl adjacent to an activating group) is 1. The van der Waals surface area contributed by atoms with Gasteiger partial charge in [0, 0.05) is 56.2 Å². The van der Waals surface area contributed by atoms with Crippen LogP contribution in [0.1, 0.15) is 60.8 Å². The first-order chi connectivity index (χ1) is 20.6. The highest BCUT2D eigenvalue weighted by Gasteiger charge is 2.34. The van der Waals surface area contributed by atoms with Crippen molar-refractivity contribution in [2.24, 2.45) is 0 Å². The molecule has 0 bridgehead atoms. The molecule has 43 heavy (non-hydrogen) atoms. The maximum absolute atomic E-state index is 14.2. The number of alkyl halides is 5. The van der Waals surface area contributed by atoms with Crippen LogP contribution in [0.2, 0.25) is 0 Å². The molecule has 2 saturated heterocycles. The maximum atomic E-state index is 14.2. The van der Waals surface area contributed by atoms with E-state index in [1.54, 1.807) is 11.8 Å². The van der Waals surface area contributed by atoms with Crippen molar-refractivity contribution in [3.05, 3.63) is 65.5 Å². The highest BCUT2D eigenvalue weighted by atomic mass is 19.4. The number of hydrogen-bond donors (Lipinski definition) is 0. The molecule has 2 aromatic carbocycles. The van der Waals surface area contributed by atoms with Gasteiger partial charge in [-0.3, -0.25) is 4.68 Å². The van der Waals surface area contributed by atoms with E-state index in [0.29, 0.717) is 30.6 Å². The number of carbonyl (C=O) groups is 1. The maximum Gasteiger partial charge on any atom is 0.416 e. The van der Waals surface area contributed by atoms with Gasteiger partial charge in [0.2, 0.25) is 0 Å². The molecule has 0 spiro atoms. The molecular formula is C31H36F5N5O2. The number of anilines is 2. The van der Waals surface area contributed by atoms with Gasteiger partial charge in [-0.15, -0.1) is 0 Å². The molecule has 3 heterocycles. The van der Waals surface area contributed by atoms with E-state index in [1.165, 1.54) is 6.07 Å². The highest BCUT2D eigenvalue weighted by Crippen LogP contribution is 2.40. The van der Waals surface area contributed by atoms with Crippen LogP contribution in [0.3, 0.4) is 0 Å². The number of nitrogens with zero attached hydrogens (tertiary/aromatic N) is 5. The predicted octanol–water partition coefficient (Wildman–Crippen LogP) is 6.67. The average molecular weight is 606 g/mol. The molecule has 12 heteroatoms. The SMILES string of the molecule is CCOC(=O)c1cnn(C2CCCN(c3cc(C(F)(F)F)ccc3-c3ccc(N4CCN(CC)CC4)cc3)C2)c1C(F)F. The van der Waals surface area contributed by atoms with Crippen LogP contribution >= 0.6 is 0 Å². The molecule has 0 aliphatic carbocycles. The molecule has 2 aliphatic rings. The molecule has 0 radical (unpaired) electrons. The number of hydrogen-bond acceptors (Lipinski definition) is 6. The Hall–Kier alpha value is -3.67. The summed E-state index contributed by atoms with van der Waals surface area (Å²) in [6.07, 6.45) is -5.43. The molecule has 0 saturated carbocycles. The van der Waals surface area contributed by atoms with E-state index in [0.717, 1.165) is 67.0 Å². The zero-order chi connectivity index (χ0) is 30.7. The summed E-state index contributed by atoms with van der Waals surface area (Å²) in [5, 5.41) is 4.12. The molecule has 2 aliphatic heterocycles. The van der Waals surface area contributed by atoms with Gasteiger partial charge in [-0.1, -0.05) is 25.1 Å². The van der Waals surface area contributed by atoms with Gasteiger partial charge in [0.05, 0.1) is 24.4 Å². The Bertz CT molecular complexity index is 1400. The Labute approximate surface area is 247 Å². The van der Waals surface area contributed by atoms with E-state index < -0.39 is 35.9 Å². The first-order valence-corrected chi connectivity index (χ1v) is 14.7. The molecule has 5 rings (SSSR count). The number of aromatic nitrogens is 2. The number of rotatable bonds is 8. The normalized spacial score (nSPS) is 18.4. The number of piperazine rings is 1. The zero-order valence-corrected chi connectivity index (χ0v) is 24.3. The van der Waals surface area contributed by atoms with Crippen LogP contribution in [0.15, 0.2) is 48.7 Å². The number of halogens is 5. The van der Waals surface area contributed by atoms with Crippen LogP contribution in [0, 0.1) is 0 Å². The van der Waals surface area contributed by atoms with Gasteiger partial charge in [-0.2, -0.15) is 18.3 Å². The molecule has 1 unspecified atom stereocenters. The van der Waals surface area contributed by atoms with E-state index >= 15 is 0 Å². The summed E-state index contributed by atoms with van der Waals surface area (Å²) in [6.45, 7) is 9.11. The molecule has 0 N–H and O–H groups in total. The molecule has 0 amide bonds. The highest BCUT2D eigenvalue weighted by molar-refractivity contribution is 5.90. The monoisotopic (exact) mass is 605 g/mol. The summed E-state index contributed by atoms with van der Waals surface area (Å²) in [7, 11) is 0. The minimum Gasteiger partial charge on any atom is -0.462 e. The van der Waals surface area contributed by atoms with Gasteiger partial charge in [0.1, 0.15) is 11.3 Å². The first kappa shape index (κ1) is 30.8. The van der Waals surface area contributed by atoms with Crippen LogP contribution in [0.25, 0.3) is 11.1 Å². The smallest absolute Gasteiger partial charge is 0.416 e. The Morgan fingerprint density at radius 1 is 1.00 bits per heavy atom. The van der Waals surface area contributed by atoms with Gasteiger partial charge in [-0.25, -0.2) is 13.6 Å². The summed E-state index contributed by atoms with van der Waals surface area (Å²) in [5.41, 5.74) is 1.20. The van der Waals surface area contributed by atoms with Crippen molar-refractivity contribution in [2.45, 2.75) is 45.3 Å². The van der Waals surface area contributed by atoms with Crippen molar-refractivity contribution >= 4 is 17.3 Å². The lowest BCUT2D eigenvalue weighted by molar-refractivity contribution is -0.137. The van der Waals surface area contributed by atoms with E-state index in [9.17, 15) is 26.7 Å². The Morgan fingerprint density at radius 3 is 2.35 bits per heavy atom. The minimum atomic E-state index is -4.55. The quantitative estimate of drug-likeness (QED) is 0.211. The summed E-state index contributed by atoms with van der Waals surface area (Å²) in [5.74, 6) is -0.882. The third-order valence-corrected chi connectivity index (χ3v) is 8.31. The summed E-state index contributed by atoms with van der Waals surface area (Å²) >= 11 is 0. The van der Waals surface area contributed by atoms with Crippen molar-refractivity contribution < 1.29 is 31.5 Å². The third kappa shape index (κ3) is 6.63. The van der Waals surface area contributed by atoms with Crippen molar-refractivity contribution in [2.75, 3.05) is 62.2 Å². The number of carbonyl (C=O) groups excluding carboxylic acids is 1. The van der Waals surface area contributed by atoms with E-state index in [4.69, 9.17) is 4.74 Å². The second-order valence-corrected chi connectivity index (χ2v) is 10.8. The van der Waals surface area contributed by atoms with Gasteiger partial charge >= 0.3 is 12.1 Å². The van der Waals surface area contributed by atoms with E-state index in [-0.39, 0.29) is 18.7 Å². The largest absolute Gasteiger partial charge is 0.462 e. The van der Waals surface area contributed by atoms with E-state index in [2.05, 4.69) is 21.8 Å². The van der Waals surface area contributed by atoms with Crippen LogP contribution in [-0.4, -0.2) is 73.1 Å². The van der Waals surface area contributed by atoms with Gasteiger partial charge in [0.15, 0.2) is 0 Å². The standard InChI is InChI=1S/C31H36F5N5O2/c1-3-38-14-16-39(17-15-38)23-10-7-21(8-11-23)25-12-9-22(31(34,35)36)18-27(25)40-13-5-6-24(20-40)41-28(29(32)33)26(19-37-41)30(42)43-4-2/h7-12,18-19,24,29H,3-6,13-17,20H2,1-2H3. The lowest BCUT2D eigenvalue weighted by atomic mass is 9.97. The molecule has 7 nitrogen and oxygen atoms in total. The Balaban J connectivity index is 1.45. The van der Waals surface area contributed by atoms with Crippen molar-refractivity contribution in [3.8, 4) is 11.1 Å². The lowest BCUT2D eigenvalue weighted by Crippen LogP contribution is -2.46. The van der Waals surface area contributed by atoms with Gasteiger partial charge in [0.25, 0.3) is 6.43 Å². The molecule has 3 aromatic rings. The molecule has 1 atom stereocenters. The van der Waals surface area contributed by atoms with Crippen LogP contribution in [0.5, 0.6) is 0 Å². The van der Waals surface area contributed by atoms with Crippen molar-refractivity contribution in [1.82, 2.24) is 14.7 Å². The summed E-state index contributed by atoms with van der Waals surface area (Å²) < 4.78 is 75.9. The summed E-state index contributed by atoms with van der Waals surface area (Å²) in [4.78, 5) is 18.8. The fourth-order valence-corrected chi connectivity index (χ4v) is 6.01. The zero-order valence-electron chi connectivity index (χ0n) is 24.3.